The van der Waals surface area contributed by atoms with Crippen molar-refractivity contribution in [3.05, 3.63) is 74.3 Å². The first-order valence-electron chi connectivity index (χ1n) is 7.79. The van der Waals surface area contributed by atoms with Crippen LogP contribution < -0.4 is 0 Å². The predicted octanol–water partition coefficient (Wildman–Crippen LogP) is 3.79. The van der Waals surface area contributed by atoms with Crippen molar-refractivity contribution < 1.29 is 9.72 Å². The summed E-state index contributed by atoms with van der Waals surface area (Å²) in [5, 5.41) is 17.5. The molecule has 2 aromatic carbocycles. The Hall–Kier alpha value is -2.73. The van der Waals surface area contributed by atoms with Crippen LogP contribution in [-0.4, -0.2) is 27.6 Å². The lowest BCUT2D eigenvalue weighted by Gasteiger charge is -2.21. The number of fused-ring (bicyclic) bond motifs is 1. The second-order valence-corrected chi connectivity index (χ2v) is 6.41. The van der Waals surface area contributed by atoms with Crippen LogP contribution >= 0.6 is 11.6 Å². The molecule has 0 saturated heterocycles. The first-order chi connectivity index (χ1) is 11.9. The Kier molecular flexibility index (Phi) is 4.55. The monoisotopic (exact) mass is 357 g/mol. The largest absolute Gasteiger partial charge is 0.273 e. The van der Waals surface area contributed by atoms with Crippen molar-refractivity contribution in [1.82, 2.24) is 5.01 Å². The summed E-state index contributed by atoms with van der Waals surface area (Å²) in [6, 6.07) is 11.5. The summed E-state index contributed by atoms with van der Waals surface area (Å²) in [7, 11) is 0. The molecule has 0 aliphatic carbocycles. The maximum Gasteiger partial charge on any atom is 0.269 e. The Labute approximate surface area is 149 Å². The Morgan fingerprint density at radius 1 is 1.28 bits per heavy atom. The number of hydrazone groups is 1. The molecule has 0 aromatic heterocycles. The quantitative estimate of drug-likeness (QED) is 0.606. The first-order valence-corrected chi connectivity index (χ1v) is 8.16. The summed E-state index contributed by atoms with van der Waals surface area (Å²) in [5.41, 5.74) is 3.16. The van der Waals surface area contributed by atoms with E-state index in [4.69, 9.17) is 11.6 Å². The number of amides is 1. The van der Waals surface area contributed by atoms with Crippen molar-refractivity contribution >= 4 is 28.9 Å². The Morgan fingerprint density at radius 3 is 2.56 bits per heavy atom. The van der Waals surface area contributed by atoms with E-state index in [0.717, 1.165) is 11.1 Å². The van der Waals surface area contributed by atoms with E-state index in [9.17, 15) is 14.9 Å². The number of benzene rings is 2. The van der Waals surface area contributed by atoms with Gasteiger partial charge in [0.15, 0.2) is 0 Å². The molecular formula is C18H16ClN3O3. The van der Waals surface area contributed by atoms with Gasteiger partial charge in [-0.25, -0.2) is 5.01 Å². The summed E-state index contributed by atoms with van der Waals surface area (Å²) in [6.45, 7) is 3.39. The van der Waals surface area contributed by atoms with Crippen LogP contribution in [0, 0.1) is 10.1 Å². The number of rotatable bonds is 2. The molecule has 0 bridgehead atoms. The SMILES string of the molecule is CC(=O)N1N=C(c2ccc([N+](=O)[O-])cc2)c2ccc(Cl)cc2CC1C. The van der Waals surface area contributed by atoms with E-state index in [2.05, 4.69) is 5.10 Å². The normalized spacial score (nSPS) is 16.7. The third-order valence-electron chi connectivity index (χ3n) is 4.14. The van der Waals surface area contributed by atoms with Crippen LogP contribution in [0.5, 0.6) is 0 Å². The lowest BCUT2D eigenvalue weighted by molar-refractivity contribution is -0.384. The summed E-state index contributed by atoms with van der Waals surface area (Å²) in [5.74, 6) is -0.161. The highest BCUT2D eigenvalue weighted by Crippen LogP contribution is 2.27. The second kappa shape index (κ2) is 6.64. The third kappa shape index (κ3) is 3.39. The zero-order valence-electron chi connectivity index (χ0n) is 13.8. The van der Waals surface area contributed by atoms with Gasteiger partial charge in [0.2, 0.25) is 5.91 Å². The number of carbonyl (C=O) groups excluding carboxylic acids is 1. The molecular weight excluding hydrogens is 342 g/mol. The minimum atomic E-state index is -0.448. The molecule has 1 heterocycles. The number of hydrogen-bond donors (Lipinski definition) is 0. The van der Waals surface area contributed by atoms with Crippen molar-refractivity contribution in [3.63, 3.8) is 0 Å². The van der Waals surface area contributed by atoms with Gasteiger partial charge in [0.05, 0.1) is 16.7 Å². The van der Waals surface area contributed by atoms with Gasteiger partial charge in [-0.05, 0) is 43.2 Å². The zero-order valence-corrected chi connectivity index (χ0v) is 14.5. The first kappa shape index (κ1) is 17.1. The number of carbonyl (C=O) groups is 1. The van der Waals surface area contributed by atoms with Gasteiger partial charge in [-0.3, -0.25) is 14.9 Å². The minimum absolute atomic E-state index is 0.00564. The van der Waals surface area contributed by atoms with E-state index in [0.29, 0.717) is 22.7 Å². The van der Waals surface area contributed by atoms with Gasteiger partial charge in [-0.1, -0.05) is 17.7 Å². The third-order valence-corrected chi connectivity index (χ3v) is 4.37. The van der Waals surface area contributed by atoms with Gasteiger partial charge < -0.3 is 0 Å². The van der Waals surface area contributed by atoms with Crippen molar-refractivity contribution in [3.8, 4) is 0 Å². The van der Waals surface area contributed by atoms with Crippen LogP contribution in [0.4, 0.5) is 5.69 Å². The maximum atomic E-state index is 12.0. The van der Waals surface area contributed by atoms with Gasteiger partial charge in [0.25, 0.3) is 5.69 Å². The van der Waals surface area contributed by atoms with Crippen LogP contribution in [0.1, 0.15) is 30.5 Å². The average Bonchev–Trinajstić information content (AvgIpc) is 2.70. The molecule has 7 heteroatoms. The number of hydrogen-bond acceptors (Lipinski definition) is 4. The van der Waals surface area contributed by atoms with Crippen LogP contribution in [0.25, 0.3) is 0 Å². The van der Waals surface area contributed by atoms with Crippen molar-refractivity contribution in [2.24, 2.45) is 5.10 Å². The fourth-order valence-electron chi connectivity index (χ4n) is 2.96. The Morgan fingerprint density at radius 2 is 1.96 bits per heavy atom. The molecule has 25 heavy (non-hydrogen) atoms. The number of nitro benzene ring substituents is 1. The lowest BCUT2D eigenvalue weighted by Crippen LogP contribution is -2.33. The van der Waals surface area contributed by atoms with E-state index in [1.165, 1.54) is 24.1 Å². The van der Waals surface area contributed by atoms with E-state index in [-0.39, 0.29) is 17.6 Å². The molecule has 1 aliphatic heterocycles. The van der Waals surface area contributed by atoms with Crippen molar-refractivity contribution in [2.75, 3.05) is 0 Å². The fourth-order valence-corrected chi connectivity index (χ4v) is 3.16. The Bertz CT molecular complexity index is 878. The molecule has 0 N–H and O–H groups in total. The molecule has 1 amide bonds. The number of non-ortho nitro benzene ring substituents is 1. The van der Waals surface area contributed by atoms with Crippen molar-refractivity contribution in [1.29, 1.82) is 0 Å². The highest BCUT2D eigenvalue weighted by Gasteiger charge is 2.25. The summed E-state index contributed by atoms with van der Waals surface area (Å²) >= 11 is 6.13. The van der Waals surface area contributed by atoms with Crippen molar-refractivity contribution in [2.45, 2.75) is 26.3 Å². The van der Waals surface area contributed by atoms with Gasteiger partial charge in [0, 0.05) is 35.2 Å². The van der Waals surface area contributed by atoms with E-state index >= 15 is 0 Å². The predicted molar refractivity (Wildman–Crippen MR) is 95.9 cm³/mol. The molecule has 0 fully saturated rings. The molecule has 1 aliphatic rings. The highest BCUT2D eigenvalue weighted by molar-refractivity contribution is 6.31. The molecule has 3 rings (SSSR count). The smallest absolute Gasteiger partial charge is 0.269 e. The maximum absolute atomic E-state index is 12.0. The molecule has 0 saturated carbocycles. The fraction of sp³-hybridized carbons (Fsp3) is 0.222. The minimum Gasteiger partial charge on any atom is -0.273 e. The topological polar surface area (TPSA) is 75.8 Å². The number of nitrogens with zero attached hydrogens (tertiary/aromatic N) is 3. The molecule has 1 atom stereocenters. The highest BCUT2D eigenvalue weighted by atomic mass is 35.5. The molecule has 128 valence electrons. The van der Waals surface area contributed by atoms with Crippen LogP contribution in [0.2, 0.25) is 5.02 Å². The van der Waals surface area contributed by atoms with Crippen LogP contribution in [0.3, 0.4) is 0 Å². The van der Waals surface area contributed by atoms with Gasteiger partial charge in [-0.15, -0.1) is 0 Å². The summed E-state index contributed by atoms with van der Waals surface area (Å²) in [6.07, 6.45) is 0.620. The van der Waals surface area contributed by atoms with E-state index in [1.807, 2.05) is 19.1 Å². The van der Waals surface area contributed by atoms with E-state index in [1.54, 1.807) is 18.2 Å². The van der Waals surface area contributed by atoms with Gasteiger partial charge in [-0.2, -0.15) is 5.10 Å². The number of halogens is 1. The van der Waals surface area contributed by atoms with Crippen LogP contribution in [-0.2, 0) is 11.2 Å². The summed E-state index contributed by atoms with van der Waals surface area (Å²) in [4.78, 5) is 22.4. The Balaban J connectivity index is 2.17. The molecule has 1 unspecified atom stereocenters. The van der Waals surface area contributed by atoms with Gasteiger partial charge >= 0.3 is 0 Å². The number of nitro groups is 1. The standard InChI is InChI=1S/C18H16ClN3O3/c1-11-9-14-10-15(19)5-8-17(14)18(20-21(11)12(2)23)13-3-6-16(7-4-13)22(24)25/h3-8,10-11H,9H2,1-2H3. The zero-order chi connectivity index (χ0) is 18.1. The van der Waals surface area contributed by atoms with Crippen LogP contribution in [0.15, 0.2) is 47.6 Å². The lowest BCUT2D eigenvalue weighted by atomic mass is 9.94. The second-order valence-electron chi connectivity index (χ2n) is 5.97. The average molecular weight is 358 g/mol. The molecule has 0 spiro atoms. The molecule has 2 aromatic rings. The summed E-state index contributed by atoms with van der Waals surface area (Å²) < 4.78 is 0. The molecule has 6 nitrogen and oxygen atoms in total. The van der Waals surface area contributed by atoms with Gasteiger partial charge in [0.1, 0.15) is 0 Å². The van der Waals surface area contributed by atoms with E-state index < -0.39 is 4.92 Å². The molecule has 0 radical (unpaired) electrons.